The molecule has 0 aromatic carbocycles. The van der Waals surface area contributed by atoms with Gasteiger partial charge in [-0.25, -0.2) is 0 Å². The van der Waals surface area contributed by atoms with Crippen molar-refractivity contribution in [2.75, 3.05) is 6.67 Å². The lowest BCUT2D eigenvalue weighted by Crippen LogP contribution is -2.74. The molecule has 0 heterocycles. The Labute approximate surface area is 171 Å². The Morgan fingerprint density at radius 1 is 0.667 bits per heavy atom. The third kappa shape index (κ3) is 6.12. The molecule has 0 spiro atoms. The van der Waals surface area contributed by atoms with Gasteiger partial charge in [-0.05, 0) is 0 Å². The van der Waals surface area contributed by atoms with Crippen molar-refractivity contribution in [3.05, 3.63) is 0 Å². The maximum atomic E-state index is 13.4. The van der Waals surface area contributed by atoms with E-state index < -0.39 is 79.1 Å². The summed E-state index contributed by atoms with van der Waals surface area (Å²) in [5.74, 6) is -4.67. The molecule has 11 nitrogen and oxygen atoms in total. The second kappa shape index (κ2) is 10.3. The summed E-state index contributed by atoms with van der Waals surface area (Å²) in [5.41, 5.74) is -2.50. The number of rotatable bonds is 7. The monoisotopic (exact) mass is 436 g/mol. The summed E-state index contributed by atoms with van der Waals surface area (Å²) in [6.45, 7) is 3.75. The quantitative estimate of drug-likeness (QED) is 0.415. The predicted octanol–water partition coefficient (Wildman–Crippen LogP) is -0.251. The number of esters is 5. The molecule has 1 aliphatic carbocycles. The molecule has 0 aromatic rings. The van der Waals surface area contributed by atoms with Gasteiger partial charge in [0.25, 0.3) is 0 Å². The van der Waals surface area contributed by atoms with Crippen molar-refractivity contribution in [3.8, 4) is 0 Å². The molecule has 5 unspecified atom stereocenters. The lowest BCUT2D eigenvalue weighted by atomic mass is 9.72. The van der Waals surface area contributed by atoms with Gasteiger partial charge in [0.15, 0.2) is 30.5 Å². The molecular weight excluding hydrogens is 411 g/mol. The Morgan fingerprint density at radius 2 is 0.967 bits per heavy atom. The summed E-state index contributed by atoms with van der Waals surface area (Å²) in [7, 11) is 0. The van der Waals surface area contributed by atoms with E-state index in [1.807, 2.05) is 0 Å². The van der Waals surface area contributed by atoms with Gasteiger partial charge in [0, 0.05) is 41.0 Å². The van der Waals surface area contributed by atoms with Crippen LogP contribution in [0.5, 0.6) is 0 Å². The molecule has 6 atom stereocenters. The number of aliphatic hydroxyl groups is 1. The number of carbonyl (C=O) groups excluding carboxylic acids is 5. The van der Waals surface area contributed by atoms with Crippen LogP contribution >= 0.6 is 0 Å². The molecular formula is C18H25FO11. The highest BCUT2D eigenvalue weighted by Crippen LogP contribution is 2.41. The van der Waals surface area contributed by atoms with Gasteiger partial charge in [0.1, 0.15) is 5.60 Å². The molecule has 30 heavy (non-hydrogen) atoms. The van der Waals surface area contributed by atoms with Crippen LogP contribution in [0.4, 0.5) is 4.39 Å². The van der Waals surface area contributed by atoms with E-state index in [2.05, 4.69) is 0 Å². The number of alkyl halides is 1. The molecule has 1 saturated carbocycles. The molecule has 0 radical (unpaired) electrons. The first kappa shape index (κ1) is 25.3. The Bertz CT molecular complexity index is 648. The number of ether oxygens (including phenoxy) is 5. The normalized spacial score (nSPS) is 30.6. The molecule has 0 amide bonds. The molecule has 1 fully saturated rings. The zero-order valence-corrected chi connectivity index (χ0v) is 17.2. The van der Waals surface area contributed by atoms with Gasteiger partial charge >= 0.3 is 29.8 Å². The minimum Gasteiger partial charge on any atom is -0.455 e. The molecule has 1 N–H and O–H groups in total. The van der Waals surface area contributed by atoms with E-state index in [1.54, 1.807) is 0 Å². The highest BCUT2D eigenvalue weighted by molar-refractivity contribution is 5.70. The van der Waals surface area contributed by atoms with Crippen LogP contribution in [0.25, 0.3) is 0 Å². The van der Waals surface area contributed by atoms with Crippen LogP contribution in [-0.2, 0) is 47.7 Å². The first-order valence-corrected chi connectivity index (χ1v) is 8.97. The third-order valence-electron chi connectivity index (χ3n) is 4.22. The van der Waals surface area contributed by atoms with Crippen molar-refractivity contribution in [2.24, 2.45) is 0 Å². The van der Waals surface area contributed by atoms with E-state index in [9.17, 15) is 33.5 Å². The standard InChI is InChI=1S/C18H25FO11/c1-8(20)26-13-14(27-9(2)21)16(29-11(4)23)18(25,6-7-19)17(30-12(5)24)15(13)28-10(3)22/h13-17,25H,6-7H2,1-5H3/t13?,14?,15?,16-,17?,18?/m0/s1. The second-order valence-corrected chi connectivity index (χ2v) is 6.71. The maximum absolute atomic E-state index is 13.4. The fraction of sp³-hybridized carbons (Fsp3) is 0.722. The summed E-state index contributed by atoms with van der Waals surface area (Å²) in [5, 5.41) is 11.3. The fourth-order valence-corrected chi connectivity index (χ4v) is 3.36. The molecule has 0 bridgehead atoms. The van der Waals surface area contributed by atoms with Crippen LogP contribution in [0.3, 0.4) is 0 Å². The zero-order valence-electron chi connectivity index (χ0n) is 17.2. The van der Waals surface area contributed by atoms with E-state index >= 15 is 0 Å². The largest absolute Gasteiger partial charge is 0.455 e. The summed E-state index contributed by atoms with van der Waals surface area (Å²) < 4.78 is 38.9. The first-order valence-electron chi connectivity index (χ1n) is 8.97. The van der Waals surface area contributed by atoms with Crippen LogP contribution in [0, 0.1) is 0 Å². The lowest BCUT2D eigenvalue weighted by Gasteiger charge is -2.51. The van der Waals surface area contributed by atoms with Crippen LogP contribution in [0.1, 0.15) is 41.0 Å². The van der Waals surface area contributed by atoms with Gasteiger partial charge in [-0.1, -0.05) is 0 Å². The third-order valence-corrected chi connectivity index (χ3v) is 4.22. The van der Waals surface area contributed by atoms with Crippen LogP contribution < -0.4 is 0 Å². The Morgan fingerprint density at radius 3 is 1.23 bits per heavy atom. The maximum Gasteiger partial charge on any atom is 0.303 e. The van der Waals surface area contributed by atoms with Crippen molar-refractivity contribution in [3.63, 3.8) is 0 Å². The van der Waals surface area contributed by atoms with E-state index in [1.165, 1.54) is 0 Å². The van der Waals surface area contributed by atoms with Gasteiger partial charge in [0.2, 0.25) is 0 Å². The zero-order chi connectivity index (χ0) is 23.2. The average Bonchev–Trinajstić information content (AvgIpc) is 2.57. The predicted molar refractivity (Wildman–Crippen MR) is 93.3 cm³/mol. The summed E-state index contributed by atoms with van der Waals surface area (Å²) >= 11 is 0. The highest BCUT2D eigenvalue weighted by Gasteiger charge is 2.66. The average molecular weight is 436 g/mol. The van der Waals surface area contributed by atoms with Gasteiger partial charge in [0.05, 0.1) is 6.67 Å². The minimum absolute atomic E-state index is 0.759. The number of hydrogen-bond donors (Lipinski definition) is 1. The smallest absolute Gasteiger partial charge is 0.303 e. The molecule has 1 aliphatic rings. The van der Waals surface area contributed by atoms with Crippen LogP contribution in [0.15, 0.2) is 0 Å². The fourth-order valence-electron chi connectivity index (χ4n) is 3.36. The summed E-state index contributed by atoms with van der Waals surface area (Å²) in [4.78, 5) is 58.4. The highest BCUT2D eigenvalue weighted by atomic mass is 19.1. The van der Waals surface area contributed by atoms with Crippen molar-refractivity contribution in [1.82, 2.24) is 0 Å². The summed E-state index contributed by atoms with van der Waals surface area (Å²) in [6, 6.07) is 0. The van der Waals surface area contributed by atoms with E-state index in [-0.39, 0.29) is 0 Å². The van der Waals surface area contributed by atoms with Gasteiger partial charge in [-0.15, -0.1) is 0 Å². The van der Waals surface area contributed by atoms with Crippen molar-refractivity contribution < 1.29 is 57.2 Å². The molecule has 0 saturated heterocycles. The molecule has 0 aliphatic heterocycles. The van der Waals surface area contributed by atoms with Crippen LogP contribution in [-0.4, -0.2) is 77.7 Å². The van der Waals surface area contributed by atoms with Crippen molar-refractivity contribution in [1.29, 1.82) is 0 Å². The topological polar surface area (TPSA) is 152 Å². The van der Waals surface area contributed by atoms with Crippen LogP contribution in [0.2, 0.25) is 0 Å². The van der Waals surface area contributed by atoms with Gasteiger partial charge in [-0.3, -0.25) is 28.4 Å². The van der Waals surface area contributed by atoms with E-state index in [0.29, 0.717) is 0 Å². The van der Waals surface area contributed by atoms with Crippen molar-refractivity contribution >= 4 is 29.8 Å². The second-order valence-electron chi connectivity index (χ2n) is 6.71. The van der Waals surface area contributed by atoms with Gasteiger partial charge < -0.3 is 28.8 Å². The SMILES string of the molecule is CC(=O)OC1C(OC(C)=O)C(OC(C)=O)C(O)(CCF)[C@@H](OC(C)=O)C1OC(C)=O. The van der Waals surface area contributed by atoms with E-state index in [4.69, 9.17) is 23.7 Å². The molecule has 170 valence electrons. The van der Waals surface area contributed by atoms with Crippen molar-refractivity contribution in [2.45, 2.75) is 77.2 Å². The Kier molecular flexibility index (Phi) is 8.70. The molecule has 1 rings (SSSR count). The number of hydrogen-bond acceptors (Lipinski definition) is 11. The Balaban J connectivity index is 3.74. The van der Waals surface area contributed by atoms with E-state index in [0.717, 1.165) is 34.6 Å². The summed E-state index contributed by atoms with van der Waals surface area (Å²) in [6.07, 6.45) is -9.47. The minimum atomic E-state index is -2.50. The molecule has 12 heteroatoms. The van der Waals surface area contributed by atoms with Gasteiger partial charge in [-0.2, -0.15) is 0 Å². The Hall–Kier alpha value is -2.76. The lowest BCUT2D eigenvalue weighted by molar-refractivity contribution is -0.287. The number of halogens is 1. The molecule has 0 aromatic heterocycles. The first-order chi connectivity index (χ1) is 13.8. The number of carbonyl (C=O) groups is 5.